The van der Waals surface area contributed by atoms with E-state index in [9.17, 15) is 13.2 Å². The van der Waals surface area contributed by atoms with Gasteiger partial charge < -0.3 is 5.32 Å². The Kier molecular flexibility index (Phi) is 3.98. The maximum absolute atomic E-state index is 12.3. The second-order valence-electron chi connectivity index (χ2n) is 3.73. The third-order valence-corrected chi connectivity index (χ3v) is 2.94. The first-order valence-electron chi connectivity index (χ1n) is 5.23. The number of alkyl halides is 3. The van der Waals surface area contributed by atoms with Gasteiger partial charge in [-0.1, -0.05) is 12.1 Å². The highest BCUT2D eigenvalue weighted by atomic mass is 32.1. The van der Waals surface area contributed by atoms with E-state index in [0.717, 1.165) is 23.4 Å². The van der Waals surface area contributed by atoms with E-state index in [1.807, 2.05) is 5.38 Å². The summed E-state index contributed by atoms with van der Waals surface area (Å²) in [6.07, 6.45) is -4.28. The molecule has 0 fully saturated rings. The standard InChI is InChI=1S/C12H10F3N2S/c13-12(14,15)10-3-1-9(2-4-10)5-16-6-11-7-18-8-17-11/h1-4,7,16H,5-6H2. The van der Waals surface area contributed by atoms with Crippen molar-refractivity contribution in [3.63, 3.8) is 0 Å². The van der Waals surface area contributed by atoms with Crippen LogP contribution < -0.4 is 5.32 Å². The molecule has 1 aromatic carbocycles. The second-order valence-corrected chi connectivity index (χ2v) is 4.38. The zero-order valence-corrected chi connectivity index (χ0v) is 10.1. The van der Waals surface area contributed by atoms with Crippen molar-refractivity contribution in [3.05, 3.63) is 52.0 Å². The highest BCUT2D eigenvalue weighted by molar-refractivity contribution is 7.07. The fourth-order valence-electron chi connectivity index (χ4n) is 1.43. The molecule has 1 N–H and O–H groups in total. The molecule has 18 heavy (non-hydrogen) atoms. The van der Waals surface area contributed by atoms with Gasteiger partial charge in [-0.05, 0) is 17.7 Å². The van der Waals surface area contributed by atoms with Gasteiger partial charge in [-0.2, -0.15) is 13.2 Å². The van der Waals surface area contributed by atoms with Crippen molar-refractivity contribution in [2.75, 3.05) is 0 Å². The molecule has 6 heteroatoms. The van der Waals surface area contributed by atoms with E-state index in [-0.39, 0.29) is 0 Å². The summed E-state index contributed by atoms with van der Waals surface area (Å²) in [7, 11) is 0. The zero-order valence-electron chi connectivity index (χ0n) is 9.29. The van der Waals surface area contributed by atoms with Crippen molar-refractivity contribution in [3.8, 4) is 0 Å². The fraction of sp³-hybridized carbons (Fsp3) is 0.250. The molecule has 0 amide bonds. The van der Waals surface area contributed by atoms with Gasteiger partial charge in [0.2, 0.25) is 0 Å². The van der Waals surface area contributed by atoms with Crippen LogP contribution in [0.3, 0.4) is 0 Å². The summed E-state index contributed by atoms with van der Waals surface area (Å²) < 4.78 is 37.0. The number of halogens is 3. The highest BCUT2D eigenvalue weighted by Crippen LogP contribution is 2.28. The molecule has 1 aromatic heterocycles. The first-order chi connectivity index (χ1) is 8.55. The fourth-order valence-corrected chi connectivity index (χ4v) is 1.93. The molecule has 0 saturated heterocycles. The van der Waals surface area contributed by atoms with E-state index in [1.165, 1.54) is 23.5 Å². The minimum atomic E-state index is -4.28. The lowest BCUT2D eigenvalue weighted by molar-refractivity contribution is -0.137. The third-order valence-electron chi connectivity index (χ3n) is 2.35. The Hall–Kier alpha value is -1.40. The van der Waals surface area contributed by atoms with Crippen LogP contribution >= 0.6 is 11.3 Å². The van der Waals surface area contributed by atoms with Crippen LogP contribution in [0, 0.1) is 5.51 Å². The van der Waals surface area contributed by atoms with E-state index in [0.29, 0.717) is 13.1 Å². The van der Waals surface area contributed by atoms with Crippen molar-refractivity contribution in [1.82, 2.24) is 10.3 Å². The van der Waals surface area contributed by atoms with Gasteiger partial charge in [0, 0.05) is 18.5 Å². The molecule has 0 unspecified atom stereocenters. The predicted molar refractivity (Wildman–Crippen MR) is 62.9 cm³/mol. The van der Waals surface area contributed by atoms with Gasteiger partial charge in [0.25, 0.3) is 0 Å². The molecular weight excluding hydrogens is 261 g/mol. The minimum Gasteiger partial charge on any atom is -0.307 e. The monoisotopic (exact) mass is 271 g/mol. The van der Waals surface area contributed by atoms with Crippen molar-refractivity contribution >= 4 is 11.3 Å². The van der Waals surface area contributed by atoms with E-state index >= 15 is 0 Å². The number of nitrogens with zero attached hydrogens (tertiary/aromatic N) is 1. The molecule has 0 aliphatic carbocycles. The predicted octanol–water partition coefficient (Wildman–Crippen LogP) is 3.25. The number of hydrogen-bond donors (Lipinski definition) is 1. The van der Waals surface area contributed by atoms with Crippen LogP contribution in [0.4, 0.5) is 13.2 Å². The van der Waals surface area contributed by atoms with E-state index in [2.05, 4.69) is 15.8 Å². The molecule has 2 aromatic rings. The summed E-state index contributed by atoms with van der Waals surface area (Å²) in [6, 6.07) is 5.13. The Morgan fingerprint density at radius 2 is 1.89 bits per heavy atom. The van der Waals surface area contributed by atoms with E-state index < -0.39 is 11.7 Å². The van der Waals surface area contributed by atoms with Gasteiger partial charge in [0.1, 0.15) is 0 Å². The lowest BCUT2D eigenvalue weighted by Crippen LogP contribution is -2.13. The first-order valence-corrected chi connectivity index (χ1v) is 6.11. The number of hydrogen-bond acceptors (Lipinski definition) is 3. The summed E-state index contributed by atoms with van der Waals surface area (Å²) in [5.74, 6) is 0. The molecule has 2 rings (SSSR count). The number of benzene rings is 1. The molecule has 0 spiro atoms. The van der Waals surface area contributed by atoms with Crippen LogP contribution in [0.1, 0.15) is 16.8 Å². The van der Waals surface area contributed by atoms with Crippen molar-refractivity contribution in [2.24, 2.45) is 0 Å². The zero-order chi connectivity index (χ0) is 13.0. The second kappa shape index (κ2) is 5.49. The van der Waals surface area contributed by atoms with Gasteiger partial charge in [-0.15, -0.1) is 11.3 Å². The van der Waals surface area contributed by atoms with Crippen LogP contribution in [0.25, 0.3) is 0 Å². The van der Waals surface area contributed by atoms with Crippen LogP contribution in [-0.2, 0) is 19.3 Å². The number of nitrogens with one attached hydrogen (secondary N) is 1. The summed E-state index contributed by atoms with van der Waals surface area (Å²) >= 11 is 1.39. The number of aromatic nitrogens is 1. The Balaban J connectivity index is 1.87. The van der Waals surface area contributed by atoms with Gasteiger partial charge in [0.15, 0.2) is 5.51 Å². The Bertz CT molecular complexity index is 477. The van der Waals surface area contributed by atoms with Crippen LogP contribution in [0.5, 0.6) is 0 Å². The average molecular weight is 271 g/mol. The molecule has 0 saturated carbocycles. The smallest absolute Gasteiger partial charge is 0.307 e. The SMILES string of the molecule is FC(F)(F)c1ccc(CNCc2cs[c]n2)cc1. The molecule has 1 heterocycles. The molecule has 0 atom stereocenters. The molecule has 1 radical (unpaired) electrons. The van der Waals surface area contributed by atoms with E-state index in [4.69, 9.17) is 0 Å². The largest absolute Gasteiger partial charge is 0.416 e. The summed E-state index contributed by atoms with van der Waals surface area (Å²) in [5, 5.41) is 4.98. The highest BCUT2D eigenvalue weighted by Gasteiger charge is 2.29. The Morgan fingerprint density at radius 1 is 1.17 bits per heavy atom. The van der Waals surface area contributed by atoms with Crippen molar-refractivity contribution in [1.29, 1.82) is 0 Å². The molecule has 0 aliphatic rings. The Morgan fingerprint density at radius 3 is 2.44 bits per heavy atom. The number of thiazole rings is 1. The van der Waals surface area contributed by atoms with Crippen LogP contribution in [-0.4, -0.2) is 4.98 Å². The summed E-state index contributed by atoms with van der Waals surface area (Å²) in [6.45, 7) is 1.09. The van der Waals surface area contributed by atoms with E-state index in [1.54, 1.807) is 0 Å². The number of rotatable bonds is 4. The maximum Gasteiger partial charge on any atom is 0.416 e. The van der Waals surface area contributed by atoms with Crippen molar-refractivity contribution in [2.45, 2.75) is 19.3 Å². The summed E-state index contributed by atoms with van der Waals surface area (Å²) in [5.41, 5.74) is 3.79. The lowest BCUT2D eigenvalue weighted by atomic mass is 10.1. The molecule has 95 valence electrons. The third kappa shape index (κ3) is 3.54. The molecule has 0 aliphatic heterocycles. The molecular formula is C12H10F3N2S. The Labute approximate surface area is 106 Å². The normalized spacial score (nSPS) is 11.7. The van der Waals surface area contributed by atoms with Crippen LogP contribution in [0.2, 0.25) is 0 Å². The topological polar surface area (TPSA) is 24.9 Å². The quantitative estimate of drug-likeness (QED) is 0.923. The van der Waals surface area contributed by atoms with Gasteiger partial charge in [0.05, 0.1) is 11.3 Å². The minimum absolute atomic E-state index is 0.510. The molecule has 0 bridgehead atoms. The first kappa shape index (κ1) is 13.0. The van der Waals surface area contributed by atoms with Gasteiger partial charge >= 0.3 is 6.18 Å². The van der Waals surface area contributed by atoms with Gasteiger partial charge in [-0.25, -0.2) is 4.98 Å². The lowest BCUT2D eigenvalue weighted by Gasteiger charge is -2.08. The van der Waals surface area contributed by atoms with Crippen LogP contribution in [0.15, 0.2) is 29.6 Å². The average Bonchev–Trinajstić information content (AvgIpc) is 2.82. The molecule has 2 nitrogen and oxygen atoms in total. The van der Waals surface area contributed by atoms with Gasteiger partial charge in [-0.3, -0.25) is 0 Å². The maximum atomic E-state index is 12.3. The summed E-state index contributed by atoms with van der Waals surface area (Å²) in [4.78, 5) is 3.98. The van der Waals surface area contributed by atoms with Crippen molar-refractivity contribution < 1.29 is 13.2 Å².